The summed E-state index contributed by atoms with van der Waals surface area (Å²) in [5, 5.41) is 2.14. The molecule has 2 atom stereocenters. The molecule has 0 aromatic carbocycles. The zero-order chi connectivity index (χ0) is 19.0. The van der Waals surface area contributed by atoms with Gasteiger partial charge in [-0.15, -0.1) is 0 Å². The minimum atomic E-state index is -4.89. The lowest BCUT2D eigenvalue weighted by atomic mass is 9.57. The summed E-state index contributed by atoms with van der Waals surface area (Å²) in [6, 6.07) is -0.602. The number of rotatable bonds is 2. The van der Waals surface area contributed by atoms with Gasteiger partial charge in [0.1, 0.15) is 0 Å². The molecule has 1 fully saturated rings. The van der Waals surface area contributed by atoms with Gasteiger partial charge in [-0.2, -0.15) is 13.2 Å². The number of nitrogens with one attached hydrogen (secondary N) is 1. The molecule has 0 saturated heterocycles. The molecule has 8 heteroatoms. The summed E-state index contributed by atoms with van der Waals surface area (Å²) in [6.07, 6.45) is -2.38. The van der Waals surface area contributed by atoms with Gasteiger partial charge < -0.3 is 15.0 Å². The predicted molar refractivity (Wildman–Crippen MR) is 85.8 cm³/mol. The lowest BCUT2D eigenvalue weighted by Gasteiger charge is -2.53. The van der Waals surface area contributed by atoms with Crippen LogP contribution in [0.3, 0.4) is 0 Å². The average molecular weight is 362 g/mol. The van der Waals surface area contributed by atoms with Crippen molar-refractivity contribution in [3.8, 4) is 0 Å². The molecule has 2 amide bonds. The molecular formula is C17H25F3N2O3. The molecule has 0 bridgehead atoms. The maximum atomic E-state index is 12.6. The van der Waals surface area contributed by atoms with Crippen LogP contribution in [0.25, 0.3) is 0 Å². The first-order valence-corrected chi connectivity index (χ1v) is 8.42. The van der Waals surface area contributed by atoms with Gasteiger partial charge in [0.05, 0.1) is 6.61 Å². The Kier molecular flexibility index (Phi) is 5.12. The van der Waals surface area contributed by atoms with Gasteiger partial charge in [-0.05, 0) is 19.8 Å². The largest absolute Gasteiger partial charge is 0.471 e. The first-order chi connectivity index (χ1) is 11.4. The summed E-state index contributed by atoms with van der Waals surface area (Å²) in [5.74, 6) is -1.90. The van der Waals surface area contributed by atoms with Gasteiger partial charge >= 0.3 is 18.2 Å². The molecule has 1 aliphatic heterocycles. The summed E-state index contributed by atoms with van der Waals surface area (Å²) in [5.41, 5.74) is 0.0158. The highest BCUT2D eigenvalue weighted by molar-refractivity contribution is 5.82. The Morgan fingerprint density at radius 3 is 2.56 bits per heavy atom. The van der Waals surface area contributed by atoms with Gasteiger partial charge in [-0.1, -0.05) is 32.4 Å². The number of fused-ring (bicyclic) bond motifs is 1. The summed E-state index contributed by atoms with van der Waals surface area (Å²) in [6.45, 7) is 8.54. The van der Waals surface area contributed by atoms with Crippen LogP contribution in [0, 0.1) is 10.8 Å². The van der Waals surface area contributed by atoms with Gasteiger partial charge in [0.2, 0.25) is 0 Å². The van der Waals surface area contributed by atoms with E-state index < -0.39 is 23.5 Å². The highest BCUT2D eigenvalue weighted by Crippen LogP contribution is 2.52. The Labute approximate surface area is 145 Å². The fourth-order valence-electron chi connectivity index (χ4n) is 4.13. The van der Waals surface area contributed by atoms with Crippen LogP contribution in [0.15, 0.2) is 11.6 Å². The zero-order valence-electron chi connectivity index (χ0n) is 15.0. The number of halogens is 3. The highest BCUT2D eigenvalue weighted by Gasteiger charge is 2.51. The van der Waals surface area contributed by atoms with Gasteiger partial charge in [0.15, 0.2) is 0 Å². The number of carbonyl (C=O) groups is 2. The number of nitrogens with zero attached hydrogens (tertiary/aromatic N) is 1. The fraction of sp³-hybridized carbons (Fsp3) is 0.765. The van der Waals surface area contributed by atoms with Gasteiger partial charge in [0, 0.05) is 30.0 Å². The van der Waals surface area contributed by atoms with Crippen molar-refractivity contribution in [1.29, 1.82) is 0 Å². The minimum absolute atomic E-state index is 0.291. The Hall–Kier alpha value is -1.73. The molecule has 0 unspecified atom stereocenters. The molecule has 25 heavy (non-hydrogen) atoms. The van der Waals surface area contributed by atoms with Gasteiger partial charge in [-0.3, -0.25) is 4.79 Å². The molecule has 1 saturated carbocycles. The Morgan fingerprint density at radius 1 is 1.36 bits per heavy atom. The van der Waals surface area contributed by atoms with E-state index in [9.17, 15) is 22.8 Å². The van der Waals surface area contributed by atoms with E-state index in [1.165, 1.54) is 0 Å². The van der Waals surface area contributed by atoms with Crippen molar-refractivity contribution in [3.05, 3.63) is 11.6 Å². The van der Waals surface area contributed by atoms with Crippen LogP contribution in [0.4, 0.5) is 18.0 Å². The van der Waals surface area contributed by atoms with Gasteiger partial charge in [-0.25, -0.2) is 4.79 Å². The predicted octanol–water partition coefficient (Wildman–Crippen LogP) is 3.26. The van der Waals surface area contributed by atoms with Crippen LogP contribution in [0.2, 0.25) is 0 Å². The smallest absolute Gasteiger partial charge is 0.450 e. The van der Waals surface area contributed by atoms with E-state index in [2.05, 4.69) is 5.32 Å². The van der Waals surface area contributed by atoms with E-state index in [-0.39, 0.29) is 11.5 Å². The lowest BCUT2D eigenvalue weighted by molar-refractivity contribution is -0.175. The summed E-state index contributed by atoms with van der Waals surface area (Å²) < 4.78 is 42.8. The first-order valence-electron chi connectivity index (χ1n) is 8.42. The molecule has 0 aromatic rings. The molecule has 5 nitrogen and oxygen atoms in total. The van der Waals surface area contributed by atoms with E-state index in [1.54, 1.807) is 11.8 Å². The number of carbonyl (C=O) groups excluding carboxylic acids is 2. The number of hydrogen-bond donors (Lipinski definition) is 1. The van der Waals surface area contributed by atoms with Crippen molar-refractivity contribution in [3.63, 3.8) is 0 Å². The van der Waals surface area contributed by atoms with E-state index in [0.29, 0.717) is 32.5 Å². The number of amides is 2. The summed E-state index contributed by atoms with van der Waals surface area (Å²) >= 11 is 0. The molecule has 0 radical (unpaired) electrons. The Balaban J connectivity index is 2.21. The van der Waals surface area contributed by atoms with Crippen molar-refractivity contribution in [2.75, 3.05) is 19.7 Å². The summed E-state index contributed by atoms with van der Waals surface area (Å²) in [7, 11) is 0. The molecular weight excluding hydrogens is 337 g/mol. The van der Waals surface area contributed by atoms with Crippen molar-refractivity contribution in [2.24, 2.45) is 10.8 Å². The van der Waals surface area contributed by atoms with Crippen LogP contribution in [0.1, 0.15) is 40.5 Å². The van der Waals surface area contributed by atoms with Crippen molar-refractivity contribution in [2.45, 2.75) is 52.8 Å². The third-order valence-electron chi connectivity index (χ3n) is 5.34. The zero-order valence-corrected chi connectivity index (χ0v) is 15.0. The molecule has 2 rings (SSSR count). The number of alkyl halides is 3. The number of ether oxygens (including phenoxy) is 1. The normalized spacial score (nSPS) is 28.7. The van der Waals surface area contributed by atoms with E-state index in [4.69, 9.17) is 4.74 Å². The second kappa shape index (κ2) is 6.53. The average Bonchev–Trinajstić information content (AvgIpc) is 2.48. The van der Waals surface area contributed by atoms with Crippen LogP contribution in [0.5, 0.6) is 0 Å². The highest BCUT2D eigenvalue weighted by atomic mass is 19.4. The fourth-order valence-corrected chi connectivity index (χ4v) is 4.13. The van der Waals surface area contributed by atoms with E-state index >= 15 is 0 Å². The summed E-state index contributed by atoms with van der Waals surface area (Å²) in [4.78, 5) is 24.9. The minimum Gasteiger partial charge on any atom is -0.450 e. The second-order valence-corrected chi connectivity index (χ2v) is 7.54. The molecule has 2 aliphatic rings. The maximum Gasteiger partial charge on any atom is 0.471 e. The third kappa shape index (κ3) is 3.77. The van der Waals surface area contributed by atoms with Crippen molar-refractivity contribution < 1.29 is 27.5 Å². The molecule has 1 heterocycles. The monoisotopic (exact) mass is 362 g/mol. The molecule has 1 aliphatic carbocycles. The molecule has 142 valence electrons. The van der Waals surface area contributed by atoms with Crippen molar-refractivity contribution in [1.82, 2.24) is 10.2 Å². The lowest BCUT2D eigenvalue weighted by Crippen LogP contribution is -2.58. The molecule has 0 spiro atoms. The standard InChI is InChI=1S/C17H25F3N2O3/c1-5-25-14(24)22-9-7-11-15(2,3)12(6-8-16(11,4)10-22)21-13(23)17(18,19)20/h7,12H,5-6,8-10H2,1-4H3,(H,21,23)/t12-,16-/m1/s1. The van der Waals surface area contributed by atoms with E-state index in [0.717, 1.165) is 5.57 Å². The second-order valence-electron chi connectivity index (χ2n) is 7.54. The maximum absolute atomic E-state index is 12.6. The number of hydrogen-bond acceptors (Lipinski definition) is 3. The topological polar surface area (TPSA) is 58.6 Å². The van der Waals surface area contributed by atoms with Crippen LogP contribution in [-0.4, -0.2) is 48.8 Å². The van der Waals surface area contributed by atoms with Crippen LogP contribution >= 0.6 is 0 Å². The van der Waals surface area contributed by atoms with Crippen molar-refractivity contribution >= 4 is 12.0 Å². The van der Waals surface area contributed by atoms with Gasteiger partial charge in [0.25, 0.3) is 0 Å². The van der Waals surface area contributed by atoms with E-state index in [1.807, 2.05) is 26.8 Å². The molecule has 0 aromatic heterocycles. The third-order valence-corrected chi connectivity index (χ3v) is 5.34. The van der Waals surface area contributed by atoms with Crippen LogP contribution in [-0.2, 0) is 9.53 Å². The first kappa shape index (κ1) is 19.6. The Bertz CT molecular complexity index is 586. The SMILES string of the molecule is CCOC(=O)N1CC=C2C(C)(C)[C@H](NC(=O)C(F)(F)F)CC[C@]2(C)C1. The Morgan fingerprint density at radius 2 is 2.00 bits per heavy atom. The van der Waals surface area contributed by atoms with Crippen LogP contribution < -0.4 is 5.32 Å². The quantitative estimate of drug-likeness (QED) is 0.767. The molecule has 1 N–H and O–H groups in total.